The Bertz CT molecular complexity index is 877. The van der Waals surface area contributed by atoms with Crippen LogP contribution in [0.2, 0.25) is 0 Å². The molecule has 0 aromatic heterocycles. The molecule has 0 aliphatic heterocycles. The predicted molar refractivity (Wildman–Crippen MR) is 104 cm³/mol. The van der Waals surface area contributed by atoms with Crippen LogP contribution in [0.4, 0.5) is 10.5 Å². The lowest BCUT2D eigenvalue weighted by Crippen LogP contribution is -2.34. The van der Waals surface area contributed by atoms with Crippen LogP contribution in [0.5, 0.6) is 0 Å². The lowest BCUT2D eigenvalue weighted by atomic mass is 10.1. The van der Waals surface area contributed by atoms with Gasteiger partial charge in [-0.1, -0.05) is 72.8 Å². The van der Waals surface area contributed by atoms with Gasteiger partial charge in [0, 0.05) is 12.1 Å². The Kier molecular flexibility index (Phi) is 5.78. The minimum atomic E-state index is -0.520. The van der Waals surface area contributed by atoms with Gasteiger partial charge >= 0.3 is 6.03 Å². The van der Waals surface area contributed by atoms with Gasteiger partial charge in [-0.05, 0) is 35.2 Å². The molecular formula is C22H20N2O2. The van der Waals surface area contributed by atoms with E-state index >= 15 is 0 Å². The SMILES string of the molecule is O=C(CCc1ccccc1)NC(=O)Nc1cccc(-c2ccccc2)c1. The average Bonchev–Trinajstić information content (AvgIpc) is 2.68. The van der Waals surface area contributed by atoms with Gasteiger partial charge in [0.1, 0.15) is 0 Å². The first kappa shape index (κ1) is 17.4. The Labute approximate surface area is 152 Å². The number of carbonyl (C=O) groups is 2. The first-order chi connectivity index (χ1) is 12.7. The van der Waals surface area contributed by atoms with Gasteiger partial charge in [-0.25, -0.2) is 4.79 Å². The number of benzene rings is 3. The van der Waals surface area contributed by atoms with Crippen LogP contribution in [-0.2, 0) is 11.2 Å². The van der Waals surface area contributed by atoms with E-state index in [0.717, 1.165) is 16.7 Å². The maximum absolute atomic E-state index is 12.0. The summed E-state index contributed by atoms with van der Waals surface area (Å²) >= 11 is 0. The number of amides is 3. The minimum absolute atomic E-state index is 0.265. The molecule has 0 saturated heterocycles. The van der Waals surface area contributed by atoms with Crippen molar-refractivity contribution >= 4 is 17.6 Å². The lowest BCUT2D eigenvalue weighted by Gasteiger charge is -2.09. The number of anilines is 1. The van der Waals surface area contributed by atoms with E-state index in [1.54, 1.807) is 6.07 Å². The molecule has 4 heteroatoms. The summed E-state index contributed by atoms with van der Waals surface area (Å²) in [6.07, 6.45) is 0.866. The second-order valence-corrected chi connectivity index (χ2v) is 5.93. The third-order valence-corrected chi connectivity index (χ3v) is 3.96. The summed E-state index contributed by atoms with van der Waals surface area (Å²) in [4.78, 5) is 24.0. The van der Waals surface area contributed by atoms with E-state index in [9.17, 15) is 9.59 Å². The fourth-order valence-electron chi connectivity index (χ4n) is 2.66. The van der Waals surface area contributed by atoms with Crippen molar-refractivity contribution in [3.05, 3.63) is 90.5 Å². The smallest absolute Gasteiger partial charge is 0.308 e. The summed E-state index contributed by atoms with van der Waals surface area (Å²) in [7, 11) is 0. The largest absolute Gasteiger partial charge is 0.325 e. The van der Waals surface area contributed by atoms with Crippen LogP contribution < -0.4 is 10.6 Å². The molecule has 0 aliphatic carbocycles. The molecule has 0 atom stereocenters. The molecule has 3 aromatic carbocycles. The monoisotopic (exact) mass is 344 g/mol. The molecule has 0 radical (unpaired) electrons. The minimum Gasteiger partial charge on any atom is -0.308 e. The van der Waals surface area contributed by atoms with Gasteiger partial charge in [0.2, 0.25) is 5.91 Å². The third kappa shape index (κ3) is 5.05. The quantitative estimate of drug-likeness (QED) is 0.709. The summed E-state index contributed by atoms with van der Waals surface area (Å²) in [5.41, 5.74) is 3.77. The van der Waals surface area contributed by atoms with E-state index in [-0.39, 0.29) is 12.3 Å². The summed E-state index contributed by atoms with van der Waals surface area (Å²) in [5.74, 6) is -0.300. The molecule has 130 valence electrons. The van der Waals surface area contributed by atoms with Gasteiger partial charge in [-0.15, -0.1) is 0 Å². The van der Waals surface area contributed by atoms with Crippen molar-refractivity contribution in [3.8, 4) is 11.1 Å². The molecule has 3 aromatic rings. The van der Waals surface area contributed by atoms with E-state index in [1.807, 2.05) is 78.9 Å². The number of carbonyl (C=O) groups excluding carboxylic acids is 2. The van der Waals surface area contributed by atoms with Gasteiger partial charge in [0.15, 0.2) is 0 Å². The Balaban J connectivity index is 1.54. The fourth-order valence-corrected chi connectivity index (χ4v) is 2.66. The molecule has 3 amide bonds. The van der Waals surface area contributed by atoms with Crippen molar-refractivity contribution in [2.24, 2.45) is 0 Å². The van der Waals surface area contributed by atoms with E-state index in [4.69, 9.17) is 0 Å². The van der Waals surface area contributed by atoms with Crippen LogP contribution in [0, 0.1) is 0 Å². The highest BCUT2D eigenvalue weighted by atomic mass is 16.2. The van der Waals surface area contributed by atoms with Crippen LogP contribution in [0.15, 0.2) is 84.9 Å². The normalized spacial score (nSPS) is 10.2. The van der Waals surface area contributed by atoms with Crippen LogP contribution in [0.25, 0.3) is 11.1 Å². The van der Waals surface area contributed by atoms with Gasteiger partial charge in [-0.2, -0.15) is 0 Å². The highest BCUT2D eigenvalue weighted by Crippen LogP contribution is 2.22. The number of urea groups is 1. The number of hydrogen-bond donors (Lipinski definition) is 2. The second-order valence-electron chi connectivity index (χ2n) is 5.93. The zero-order chi connectivity index (χ0) is 18.2. The number of hydrogen-bond acceptors (Lipinski definition) is 2. The van der Waals surface area contributed by atoms with E-state index in [1.165, 1.54) is 0 Å². The zero-order valence-electron chi connectivity index (χ0n) is 14.3. The Morgan fingerprint density at radius 3 is 2.12 bits per heavy atom. The first-order valence-electron chi connectivity index (χ1n) is 8.51. The Morgan fingerprint density at radius 1 is 0.731 bits per heavy atom. The van der Waals surface area contributed by atoms with Crippen molar-refractivity contribution in [3.63, 3.8) is 0 Å². The topological polar surface area (TPSA) is 58.2 Å². The summed E-state index contributed by atoms with van der Waals surface area (Å²) in [5, 5.41) is 5.08. The molecule has 26 heavy (non-hydrogen) atoms. The molecule has 0 fully saturated rings. The maximum atomic E-state index is 12.0. The lowest BCUT2D eigenvalue weighted by molar-refractivity contribution is -0.119. The van der Waals surface area contributed by atoms with Crippen LogP contribution in [-0.4, -0.2) is 11.9 Å². The van der Waals surface area contributed by atoms with Crippen molar-refractivity contribution in [1.29, 1.82) is 0 Å². The molecule has 4 nitrogen and oxygen atoms in total. The Hall–Kier alpha value is -3.40. The van der Waals surface area contributed by atoms with E-state index < -0.39 is 6.03 Å². The molecule has 2 N–H and O–H groups in total. The van der Waals surface area contributed by atoms with Crippen LogP contribution in [0.3, 0.4) is 0 Å². The standard InChI is InChI=1S/C22H20N2O2/c25-21(15-14-17-8-3-1-4-9-17)24-22(26)23-20-13-7-12-19(16-20)18-10-5-2-6-11-18/h1-13,16H,14-15H2,(H2,23,24,25,26). The summed E-state index contributed by atoms with van der Waals surface area (Å²) in [6.45, 7) is 0. The van der Waals surface area contributed by atoms with Gasteiger partial charge in [0.25, 0.3) is 0 Å². The van der Waals surface area contributed by atoms with Gasteiger partial charge < -0.3 is 5.32 Å². The molecule has 0 bridgehead atoms. The highest BCUT2D eigenvalue weighted by Gasteiger charge is 2.08. The van der Waals surface area contributed by atoms with Gasteiger partial charge in [0.05, 0.1) is 0 Å². The van der Waals surface area contributed by atoms with Crippen molar-refractivity contribution < 1.29 is 9.59 Å². The van der Waals surface area contributed by atoms with Crippen molar-refractivity contribution in [2.45, 2.75) is 12.8 Å². The highest BCUT2D eigenvalue weighted by molar-refractivity contribution is 6.01. The predicted octanol–water partition coefficient (Wildman–Crippen LogP) is 4.63. The number of imide groups is 1. The summed E-state index contributed by atoms with van der Waals surface area (Å²) < 4.78 is 0. The zero-order valence-corrected chi connectivity index (χ0v) is 14.3. The molecule has 0 heterocycles. The van der Waals surface area contributed by atoms with E-state index in [0.29, 0.717) is 12.1 Å². The fraction of sp³-hybridized carbons (Fsp3) is 0.0909. The van der Waals surface area contributed by atoms with Gasteiger partial charge in [-0.3, -0.25) is 10.1 Å². The van der Waals surface area contributed by atoms with Crippen molar-refractivity contribution in [2.75, 3.05) is 5.32 Å². The first-order valence-corrected chi connectivity index (χ1v) is 8.51. The second kappa shape index (κ2) is 8.62. The van der Waals surface area contributed by atoms with Crippen LogP contribution in [0.1, 0.15) is 12.0 Å². The summed E-state index contributed by atoms with van der Waals surface area (Å²) in [6, 6.07) is 26.6. The van der Waals surface area contributed by atoms with E-state index in [2.05, 4.69) is 10.6 Å². The molecule has 0 spiro atoms. The molecule has 0 aliphatic rings. The third-order valence-electron chi connectivity index (χ3n) is 3.96. The maximum Gasteiger partial charge on any atom is 0.325 e. The molecule has 3 rings (SSSR count). The molecule has 0 unspecified atom stereocenters. The average molecular weight is 344 g/mol. The number of aryl methyl sites for hydroxylation is 1. The van der Waals surface area contributed by atoms with Crippen LogP contribution >= 0.6 is 0 Å². The molecular weight excluding hydrogens is 324 g/mol. The number of rotatable bonds is 5. The molecule has 0 saturated carbocycles. The Morgan fingerprint density at radius 2 is 1.38 bits per heavy atom. The van der Waals surface area contributed by atoms with Crippen molar-refractivity contribution in [1.82, 2.24) is 5.32 Å². The number of nitrogens with one attached hydrogen (secondary N) is 2.